The van der Waals surface area contributed by atoms with Crippen molar-refractivity contribution < 1.29 is 4.42 Å². The van der Waals surface area contributed by atoms with Crippen LogP contribution in [0.1, 0.15) is 0 Å². The summed E-state index contributed by atoms with van der Waals surface area (Å²) in [7, 11) is 0. The van der Waals surface area contributed by atoms with Crippen LogP contribution in [0.25, 0.3) is 11.3 Å². The van der Waals surface area contributed by atoms with Gasteiger partial charge >= 0.3 is 0 Å². The van der Waals surface area contributed by atoms with E-state index in [0.717, 1.165) is 11.3 Å². The Hall–Kier alpha value is -1.02. The Labute approximate surface area is 62.9 Å². The quantitative estimate of drug-likeness (QED) is 0.609. The van der Waals surface area contributed by atoms with E-state index in [1.54, 1.807) is 17.6 Å². The first-order chi connectivity index (χ1) is 4.97. The zero-order valence-electron chi connectivity index (χ0n) is 5.28. The Balaban J connectivity index is 2.48. The van der Waals surface area contributed by atoms with Crippen LogP contribution in [0.4, 0.5) is 0 Å². The minimum Gasteiger partial charge on any atom is -0.464 e. The van der Waals surface area contributed by atoms with Crippen LogP contribution in [-0.2, 0) is 0 Å². The highest BCUT2D eigenvalue weighted by Gasteiger charge is 1.97. The molecule has 0 saturated heterocycles. The molecule has 0 N–H and O–H groups in total. The highest BCUT2D eigenvalue weighted by molar-refractivity contribution is 7.08. The Morgan fingerprint density at radius 2 is 2.30 bits per heavy atom. The molecule has 0 bridgehead atoms. The van der Waals surface area contributed by atoms with E-state index in [4.69, 9.17) is 4.42 Å². The molecule has 0 saturated carbocycles. The van der Waals surface area contributed by atoms with Gasteiger partial charge in [0.15, 0.2) is 0 Å². The molecule has 0 radical (unpaired) electrons. The molecular weight excluding hydrogens is 144 g/mol. The Bertz CT molecular complexity index is 249. The van der Waals surface area contributed by atoms with E-state index in [-0.39, 0.29) is 0 Å². The van der Waals surface area contributed by atoms with Crippen LogP contribution in [0.15, 0.2) is 39.6 Å². The summed E-state index contributed by atoms with van der Waals surface area (Å²) in [6.07, 6.45) is 1.69. The molecular formula is C8H6OS. The van der Waals surface area contributed by atoms with E-state index < -0.39 is 0 Å². The van der Waals surface area contributed by atoms with Crippen molar-refractivity contribution in [2.45, 2.75) is 0 Å². The first kappa shape index (κ1) is 5.74. The normalized spacial score (nSPS) is 10.0. The van der Waals surface area contributed by atoms with Crippen molar-refractivity contribution in [3.63, 3.8) is 0 Å². The Morgan fingerprint density at radius 3 is 2.90 bits per heavy atom. The van der Waals surface area contributed by atoms with Crippen LogP contribution in [0.2, 0.25) is 0 Å². The first-order valence-electron chi connectivity index (χ1n) is 3.03. The molecule has 2 aromatic rings. The lowest BCUT2D eigenvalue weighted by atomic mass is 10.3. The van der Waals surface area contributed by atoms with Gasteiger partial charge in [-0.1, -0.05) is 0 Å². The van der Waals surface area contributed by atoms with Crippen molar-refractivity contribution in [3.05, 3.63) is 35.2 Å². The molecule has 0 fully saturated rings. The molecule has 0 spiro atoms. The SMILES string of the molecule is c1coc(-c2ccsc2)c1. The van der Waals surface area contributed by atoms with Crippen molar-refractivity contribution in [2.75, 3.05) is 0 Å². The van der Waals surface area contributed by atoms with E-state index in [2.05, 4.69) is 5.38 Å². The summed E-state index contributed by atoms with van der Waals surface area (Å²) in [5, 5.41) is 4.11. The number of thiophene rings is 1. The number of furan rings is 1. The Morgan fingerprint density at radius 1 is 1.30 bits per heavy atom. The van der Waals surface area contributed by atoms with E-state index in [0.29, 0.717) is 0 Å². The van der Waals surface area contributed by atoms with Gasteiger partial charge in [-0.15, -0.1) is 0 Å². The van der Waals surface area contributed by atoms with E-state index in [9.17, 15) is 0 Å². The van der Waals surface area contributed by atoms with Crippen molar-refractivity contribution in [1.82, 2.24) is 0 Å². The average molecular weight is 150 g/mol. The van der Waals surface area contributed by atoms with Gasteiger partial charge < -0.3 is 4.42 Å². The molecule has 2 heteroatoms. The third-order valence-electron chi connectivity index (χ3n) is 1.33. The van der Waals surface area contributed by atoms with Crippen molar-refractivity contribution >= 4 is 11.3 Å². The minimum absolute atomic E-state index is 0.946. The molecule has 1 nitrogen and oxygen atoms in total. The van der Waals surface area contributed by atoms with E-state index in [1.165, 1.54) is 0 Å². The third-order valence-corrected chi connectivity index (χ3v) is 2.01. The first-order valence-corrected chi connectivity index (χ1v) is 3.97. The second-order valence-corrected chi connectivity index (χ2v) is 2.77. The third kappa shape index (κ3) is 0.866. The predicted molar refractivity (Wildman–Crippen MR) is 42.0 cm³/mol. The molecule has 50 valence electrons. The van der Waals surface area contributed by atoms with Crippen LogP contribution in [0, 0.1) is 0 Å². The fraction of sp³-hybridized carbons (Fsp3) is 0. The maximum absolute atomic E-state index is 5.18. The monoisotopic (exact) mass is 150 g/mol. The molecule has 2 aromatic heterocycles. The summed E-state index contributed by atoms with van der Waals surface area (Å²) in [4.78, 5) is 0. The lowest BCUT2D eigenvalue weighted by Gasteiger charge is -1.85. The minimum atomic E-state index is 0.946. The second-order valence-electron chi connectivity index (χ2n) is 1.99. The van der Waals surface area contributed by atoms with Crippen molar-refractivity contribution in [3.8, 4) is 11.3 Å². The summed E-state index contributed by atoms with van der Waals surface area (Å²) in [6.45, 7) is 0. The highest BCUT2D eigenvalue weighted by atomic mass is 32.1. The maximum Gasteiger partial charge on any atom is 0.134 e. The fourth-order valence-corrected chi connectivity index (χ4v) is 1.49. The van der Waals surface area contributed by atoms with Gasteiger partial charge in [-0.2, -0.15) is 11.3 Å². The second kappa shape index (κ2) is 2.31. The summed E-state index contributed by atoms with van der Waals surface area (Å²) in [5.74, 6) is 0.946. The summed E-state index contributed by atoms with van der Waals surface area (Å²) < 4.78 is 5.18. The van der Waals surface area contributed by atoms with Crippen LogP contribution in [0.5, 0.6) is 0 Å². The predicted octanol–water partition coefficient (Wildman–Crippen LogP) is 3.01. The number of hydrogen-bond donors (Lipinski definition) is 0. The topological polar surface area (TPSA) is 13.1 Å². The largest absolute Gasteiger partial charge is 0.464 e. The van der Waals surface area contributed by atoms with Gasteiger partial charge in [0.05, 0.1) is 6.26 Å². The molecule has 0 unspecified atom stereocenters. The zero-order valence-corrected chi connectivity index (χ0v) is 6.10. The average Bonchev–Trinajstić information content (AvgIpc) is 2.59. The van der Waals surface area contributed by atoms with Crippen molar-refractivity contribution in [1.29, 1.82) is 0 Å². The molecule has 2 heterocycles. The van der Waals surface area contributed by atoms with E-state index in [1.807, 2.05) is 23.6 Å². The molecule has 2 rings (SSSR count). The van der Waals surface area contributed by atoms with Gasteiger partial charge in [-0.3, -0.25) is 0 Å². The zero-order chi connectivity index (χ0) is 6.81. The van der Waals surface area contributed by atoms with Gasteiger partial charge in [0, 0.05) is 10.9 Å². The molecule has 0 aromatic carbocycles. The number of rotatable bonds is 1. The molecule has 0 aliphatic carbocycles. The highest BCUT2D eigenvalue weighted by Crippen LogP contribution is 2.21. The standard InChI is InChI=1S/C8H6OS/c1-2-8(9-4-1)7-3-5-10-6-7/h1-6H. The van der Waals surface area contributed by atoms with Crippen LogP contribution >= 0.6 is 11.3 Å². The van der Waals surface area contributed by atoms with Gasteiger partial charge in [0.25, 0.3) is 0 Å². The molecule has 0 amide bonds. The molecule has 0 aliphatic rings. The Kier molecular flexibility index (Phi) is 1.32. The fourth-order valence-electron chi connectivity index (χ4n) is 0.847. The van der Waals surface area contributed by atoms with Gasteiger partial charge in [-0.25, -0.2) is 0 Å². The van der Waals surface area contributed by atoms with Crippen LogP contribution < -0.4 is 0 Å². The lowest BCUT2D eigenvalue weighted by Crippen LogP contribution is -1.61. The van der Waals surface area contributed by atoms with Gasteiger partial charge in [0.2, 0.25) is 0 Å². The molecule has 0 aliphatic heterocycles. The molecule has 0 atom stereocenters. The lowest BCUT2D eigenvalue weighted by molar-refractivity contribution is 0.582. The molecule has 10 heavy (non-hydrogen) atoms. The maximum atomic E-state index is 5.18. The van der Waals surface area contributed by atoms with Crippen LogP contribution in [0.3, 0.4) is 0 Å². The van der Waals surface area contributed by atoms with E-state index >= 15 is 0 Å². The van der Waals surface area contributed by atoms with Crippen LogP contribution in [-0.4, -0.2) is 0 Å². The van der Waals surface area contributed by atoms with Gasteiger partial charge in [-0.05, 0) is 23.6 Å². The van der Waals surface area contributed by atoms with Crippen molar-refractivity contribution in [2.24, 2.45) is 0 Å². The number of hydrogen-bond acceptors (Lipinski definition) is 2. The summed E-state index contributed by atoms with van der Waals surface area (Å²) >= 11 is 1.68. The van der Waals surface area contributed by atoms with Gasteiger partial charge in [0.1, 0.15) is 5.76 Å². The summed E-state index contributed by atoms with van der Waals surface area (Å²) in [6, 6.07) is 5.90. The summed E-state index contributed by atoms with van der Waals surface area (Å²) in [5.41, 5.74) is 1.16. The smallest absolute Gasteiger partial charge is 0.134 e.